The van der Waals surface area contributed by atoms with Crippen molar-refractivity contribution in [2.75, 3.05) is 31.0 Å². The Morgan fingerprint density at radius 1 is 1.29 bits per heavy atom. The minimum atomic E-state index is -0.0608. The molecule has 1 aromatic rings. The van der Waals surface area contributed by atoms with Crippen LogP contribution in [0.4, 0.5) is 11.4 Å². The fraction of sp³-hybridized carbons (Fsp3) is 0.562. The van der Waals surface area contributed by atoms with Crippen LogP contribution < -0.4 is 19.7 Å². The molecule has 0 bridgehead atoms. The molecule has 0 radical (unpaired) electrons. The highest BCUT2D eigenvalue weighted by atomic mass is 16.5. The van der Waals surface area contributed by atoms with Crippen LogP contribution in [0.3, 0.4) is 0 Å². The van der Waals surface area contributed by atoms with Gasteiger partial charge in [0.2, 0.25) is 5.91 Å². The van der Waals surface area contributed by atoms with Gasteiger partial charge >= 0.3 is 0 Å². The first-order valence-corrected chi connectivity index (χ1v) is 7.51. The van der Waals surface area contributed by atoms with E-state index in [0.29, 0.717) is 17.4 Å². The lowest BCUT2D eigenvalue weighted by Crippen LogP contribution is -2.52. The molecule has 2 heterocycles. The summed E-state index contributed by atoms with van der Waals surface area (Å²) in [4.78, 5) is 14.6. The summed E-state index contributed by atoms with van der Waals surface area (Å²) in [5.41, 5.74) is 1.84. The van der Waals surface area contributed by atoms with Crippen LogP contribution in [0.2, 0.25) is 0 Å². The molecule has 0 aromatic heterocycles. The fourth-order valence-electron chi connectivity index (χ4n) is 3.37. The maximum absolute atomic E-state index is 12.4. The van der Waals surface area contributed by atoms with Gasteiger partial charge in [-0.15, -0.1) is 0 Å². The molecule has 114 valence electrons. The monoisotopic (exact) mass is 290 g/mol. The van der Waals surface area contributed by atoms with E-state index in [-0.39, 0.29) is 11.9 Å². The zero-order valence-corrected chi connectivity index (χ0v) is 12.8. The molecule has 1 amide bonds. The predicted octanol–water partition coefficient (Wildman–Crippen LogP) is 2.65. The molecule has 1 fully saturated rings. The quantitative estimate of drug-likeness (QED) is 0.930. The molecule has 1 saturated heterocycles. The largest absolute Gasteiger partial charge is 0.493 e. The molecule has 21 heavy (non-hydrogen) atoms. The van der Waals surface area contributed by atoms with E-state index in [1.165, 1.54) is 0 Å². The van der Waals surface area contributed by atoms with E-state index in [4.69, 9.17) is 9.47 Å². The zero-order chi connectivity index (χ0) is 15.0. The van der Waals surface area contributed by atoms with Crippen LogP contribution in [0.5, 0.6) is 11.5 Å². The number of benzene rings is 1. The highest BCUT2D eigenvalue weighted by Gasteiger charge is 2.38. The number of anilines is 2. The highest BCUT2D eigenvalue weighted by molar-refractivity contribution is 6.04. The molecule has 5 nitrogen and oxygen atoms in total. The van der Waals surface area contributed by atoms with E-state index in [1.54, 1.807) is 14.2 Å². The van der Waals surface area contributed by atoms with Crippen LogP contribution in [0.15, 0.2) is 12.1 Å². The topological polar surface area (TPSA) is 50.8 Å². The number of nitrogens with zero attached hydrogens (tertiary/aromatic N) is 1. The fourth-order valence-corrected chi connectivity index (χ4v) is 3.37. The molecule has 1 aromatic carbocycles. The third-order valence-electron chi connectivity index (χ3n) is 4.66. The number of rotatable bonds is 3. The molecule has 3 rings (SSSR count). The van der Waals surface area contributed by atoms with Crippen LogP contribution in [-0.2, 0) is 4.79 Å². The van der Waals surface area contributed by atoms with Gasteiger partial charge in [0.1, 0.15) is 6.04 Å². The van der Waals surface area contributed by atoms with Gasteiger partial charge in [0, 0.05) is 18.7 Å². The first-order valence-electron chi connectivity index (χ1n) is 7.51. The Kier molecular flexibility index (Phi) is 3.66. The number of fused-ring (bicyclic) bond motifs is 3. The molecule has 0 spiro atoms. The standard InChI is InChI=1S/C16H22N2O3/c1-4-10-5-6-18-12-9-15(21-3)14(20-2)8-11(12)17-16(19)13(18)7-10/h8-10,13H,4-7H2,1-3H3,(H,17,19). The van der Waals surface area contributed by atoms with E-state index in [2.05, 4.69) is 17.1 Å². The van der Waals surface area contributed by atoms with Crippen molar-refractivity contribution in [3.05, 3.63) is 12.1 Å². The second kappa shape index (κ2) is 5.47. The summed E-state index contributed by atoms with van der Waals surface area (Å²) >= 11 is 0. The SMILES string of the molecule is CCC1CCN2c3cc(OC)c(OC)cc3NC(=O)C2C1. The summed E-state index contributed by atoms with van der Waals surface area (Å²) in [6, 6.07) is 3.75. The number of nitrogens with one attached hydrogen (secondary N) is 1. The number of ether oxygens (including phenoxy) is 2. The van der Waals surface area contributed by atoms with Crippen LogP contribution in [-0.4, -0.2) is 32.7 Å². The first kappa shape index (κ1) is 14.0. The van der Waals surface area contributed by atoms with E-state index >= 15 is 0 Å². The molecule has 0 aliphatic carbocycles. The van der Waals surface area contributed by atoms with Crippen LogP contribution in [0, 0.1) is 5.92 Å². The van der Waals surface area contributed by atoms with Crippen molar-refractivity contribution in [3.8, 4) is 11.5 Å². The number of hydrogen-bond donors (Lipinski definition) is 1. The van der Waals surface area contributed by atoms with Crippen molar-refractivity contribution in [2.45, 2.75) is 32.2 Å². The van der Waals surface area contributed by atoms with Gasteiger partial charge in [-0.1, -0.05) is 13.3 Å². The number of methoxy groups -OCH3 is 2. The number of carbonyl (C=O) groups is 1. The summed E-state index contributed by atoms with van der Waals surface area (Å²) in [5.74, 6) is 2.06. The zero-order valence-electron chi connectivity index (χ0n) is 12.8. The van der Waals surface area contributed by atoms with Gasteiger partial charge in [-0.25, -0.2) is 0 Å². The lowest BCUT2D eigenvalue weighted by molar-refractivity contribution is -0.118. The van der Waals surface area contributed by atoms with Gasteiger partial charge in [0.15, 0.2) is 11.5 Å². The molecule has 2 unspecified atom stereocenters. The molecular weight excluding hydrogens is 268 g/mol. The lowest BCUT2D eigenvalue weighted by Gasteiger charge is -2.43. The second-order valence-corrected chi connectivity index (χ2v) is 5.72. The molecule has 2 aliphatic rings. The molecule has 2 aliphatic heterocycles. The number of carbonyl (C=O) groups excluding carboxylic acids is 1. The lowest BCUT2D eigenvalue weighted by atomic mass is 9.87. The summed E-state index contributed by atoms with van der Waals surface area (Å²) in [7, 11) is 3.23. The van der Waals surface area contributed by atoms with Crippen LogP contribution in [0.1, 0.15) is 26.2 Å². The Labute approximate surface area is 125 Å². The molecule has 2 atom stereocenters. The molecule has 5 heteroatoms. The van der Waals surface area contributed by atoms with Gasteiger partial charge in [-0.2, -0.15) is 0 Å². The van der Waals surface area contributed by atoms with Crippen molar-refractivity contribution < 1.29 is 14.3 Å². The molecular formula is C16H22N2O3. The normalized spacial score (nSPS) is 24.0. The van der Waals surface area contributed by atoms with E-state index in [1.807, 2.05) is 12.1 Å². The van der Waals surface area contributed by atoms with Crippen molar-refractivity contribution in [3.63, 3.8) is 0 Å². The Morgan fingerprint density at radius 2 is 2.00 bits per heavy atom. The minimum Gasteiger partial charge on any atom is -0.493 e. The van der Waals surface area contributed by atoms with Crippen molar-refractivity contribution >= 4 is 17.3 Å². The Morgan fingerprint density at radius 3 is 2.67 bits per heavy atom. The third kappa shape index (κ3) is 2.30. The first-order chi connectivity index (χ1) is 10.2. The van der Waals surface area contributed by atoms with Crippen molar-refractivity contribution in [2.24, 2.45) is 5.92 Å². The van der Waals surface area contributed by atoms with E-state index in [0.717, 1.165) is 37.2 Å². The Balaban J connectivity index is 2.00. The van der Waals surface area contributed by atoms with Crippen LogP contribution >= 0.6 is 0 Å². The molecule has 0 saturated carbocycles. The summed E-state index contributed by atoms with van der Waals surface area (Å²) in [5, 5.41) is 3.01. The van der Waals surface area contributed by atoms with E-state index in [9.17, 15) is 4.79 Å². The van der Waals surface area contributed by atoms with Gasteiger partial charge in [0.25, 0.3) is 0 Å². The Hall–Kier alpha value is -1.91. The highest BCUT2D eigenvalue weighted by Crippen LogP contribution is 2.43. The second-order valence-electron chi connectivity index (χ2n) is 5.72. The average Bonchev–Trinajstić information content (AvgIpc) is 2.53. The molecule has 1 N–H and O–H groups in total. The third-order valence-corrected chi connectivity index (χ3v) is 4.66. The summed E-state index contributed by atoms with van der Waals surface area (Å²) < 4.78 is 10.7. The van der Waals surface area contributed by atoms with E-state index < -0.39 is 0 Å². The predicted molar refractivity (Wildman–Crippen MR) is 82.3 cm³/mol. The van der Waals surface area contributed by atoms with Crippen molar-refractivity contribution in [1.29, 1.82) is 0 Å². The van der Waals surface area contributed by atoms with Crippen LogP contribution in [0.25, 0.3) is 0 Å². The maximum atomic E-state index is 12.4. The van der Waals surface area contributed by atoms with Crippen molar-refractivity contribution in [1.82, 2.24) is 0 Å². The number of amides is 1. The summed E-state index contributed by atoms with van der Waals surface area (Å²) in [6.07, 6.45) is 3.20. The maximum Gasteiger partial charge on any atom is 0.247 e. The van der Waals surface area contributed by atoms with Gasteiger partial charge in [-0.05, 0) is 18.8 Å². The van der Waals surface area contributed by atoms with Gasteiger partial charge < -0.3 is 19.7 Å². The Bertz CT molecular complexity index is 559. The number of hydrogen-bond acceptors (Lipinski definition) is 4. The van der Waals surface area contributed by atoms with Gasteiger partial charge in [0.05, 0.1) is 25.6 Å². The smallest absolute Gasteiger partial charge is 0.247 e. The van der Waals surface area contributed by atoms with Gasteiger partial charge in [-0.3, -0.25) is 4.79 Å². The number of piperidine rings is 1. The minimum absolute atomic E-state index is 0.0608. The summed E-state index contributed by atoms with van der Waals surface area (Å²) in [6.45, 7) is 3.11. The average molecular weight is 290 g/mol.